The van der Waals surface area contributed by atoms with Gasteiger partial charge >= 0.3 is 0 Å². The van der Waals surface area contributed by atoms with Crippen molar-refractivity contribution in [2.75, 3.05) is 13.7 Å². The van der Waals surface area contributed by atoms with Crippen molar-refractivity contribution in [2.45, 2.75) is 51.2 Å². The summed E-state index contributed by atoms with van der Waals surface area (Å²) < 4.78 is 6.04. The molecular weight excluding hydrogens is 258 g/mol. The van der Waals surface area contributed by atoms with Crippen molar-refractivity contribution in [3.8, 4) is 0 Å². The number of pyridine rings is 1. The molecule has 0 aromatic carbocycles. The lowest BCUT2D eigenvalue weighted by atomic mass is 10.1. The molecule has 0 aliphatic heterocycles. The van der Waals surface area contributed by atoms with E-state index in [1.54, 1.807) is 18.3 Å². The van der Waals surface area contributed by atoms with Gasteiger partial charge in [-0.1, -0.05) is 25.3 Å². The lowest BCUT2D eigenvalue weighted by Crippen LogP contribution is -2.25. The van der Waals surface area contributed by atoms with Gasteiger partial charge in [0, 0.05) is 19.4 Å². The molecule has 1 heterocycles. The second kappa shape index (κ2) is 10.5. The zero-order chi connectivity index (χ0) is 14.6. The van der Waals surface area contributed by atoms with Crippen LogP contribution in [-0.2, 0) is 4.74 Å². The van der Waals surface area contributed by atoms with Crippen LogP contribution in [0.25, 0.3) is 0 Å². The van der Waals surface area contributed by atoms with Crippen LogP contribution in [0.5, 0.6) is 0 Å². The van der Waals surface area contributed by atoms with Crippen LogP contribution < -0.4 is 10.4 Å². The molecule has 0 aliphatic rings. The van der Waals surface area contributed by atoms with Crippen LogP contribution in [0.15, 0.2) is 29.2 Å². The number of hydrogen-bond acceptors (Lipinski definition) is 4. The van der Waals surface area contributed by atoms with Crippen molar-refractivity contribution < 1.29 is 14.7 Å². The van der Waals surface area contributed by atoms with Gasteiger partial charge in [0.05, 0.1) is 0 Å². The molecule has 0 saturated carbocycles. The van der Waals surface area contributed by atoms with E-state index in [9.17, 15) is 9.90 Å². The Morgan fingerprint density at radius 2 is 1.85 bits per heavy atom. The third kappa shape index (κ3) is 7.31. The van der Waals surface area contributed by atoms with E-state index in [1.165, 1.54) is 17.9 Å². The molecule has 0 fully saturated rings. The zero-order valence-electron chi connectivity index (χ0n) is 12.2. The Bertz CT molecular complexity index is 405. The summed E-state index contributed by atoms with van der Waals surface area (Å²) in [6.45, 7) is 0.562. The number of unbranched alkanes of at least 4 members (excludes halogenated alkanes) is 5. The fraction of sp³-hybridized carbons (Fsp3) is 0.667. The van der Waals surface area contributed by atoms with Gasteiger partial charge in [0.25, 0.3) is 5.56 Å². The van der Waals surface area contributed by atoms with Crippen molar-refractivity contribution in [1.82, 2.24) is 4.73 Å². The number of methoxy groups -OCH3 is 1. The van der Waals surface area contributed by atoms with Crippen LogP contribution in [0, 0.1) is 0 Å². The highest BCUT2D eigenvalue weighted by Gasteiger charge is 2.00. The topological polar surface area (TPSA) is 60.7 Å². The highest BCUT2D eigenvalue weighted by Crippen LogP contribution is 2.08. The van der Waals surface area contributed by atoms with Gasteiger partial charge in [0.1, 0.15) is 6.61 Å². The number of ether oxygens (including phenoxy) is 1. The Morgan fingerprint density at radius 1 is 1.15 bits per heavy atom. The summed E-state index contributed by atoms with van der Waals surface area (Å²) in [4.78, 5) is 16.7. The number of nitrogens with zero attached hydrogens (tertiary/aromatic N) is 1. The van der Waals surface area contributed by atoms with Crippen LogP contribution >= 0.6 is 0 Å². The summed E-state index contributed by atoms with van der Waals surface area (Å²) in [6.07, 6.45) is 8.16. The molecule has 0 amide bonds. The Labute approximate surface area is 120 Å². The second-order valence-electron chi connectivity index (χ2n) is 4.80. The van der Waals surface area contributed by atoms with E-state index in [0.717, 1.165) is 38.5 Å². The molecule has 0 spiro atoms. The molecule has 0 saturated heterocycles. The third-order valence-corrected chi connectivity index (χ3v) is 3.14. The second-order valence-corrected chi connectivity index (χ2v) is 4.80. The minimum absolute atomic E-state index is 0.135. The molecule has 1 rings (SSSR count). The molecule has 0 bridgehead atoms. The van der Waals surface area contributed by atoms with E-state index in [4.69, 9.17) is 9.57 Å². The molecule has 1 aromatic heterocycles. The standard InChI is InChI=1S/C15H25NO4/c1-19-15(18)11-6-4-2-3-5-9-13-20-16-12-8-7-10-14(16)17/h7-8,10,12,15,18H,2-6,9,11,13H2,1H3. The molecule has 1 unspecified atom stereocenters. The summed E-state index contributed by atoms with van der Waals surface area (Å²) in [5, 5.41) is 9.19. The summed E-state index contributed by atoms with van der Waals surface area (Å²) in [6, 6.07) is 4.95. The SMILES string of the molecule is COC(O)CCCCCCCCOn1ccccc1=O. The van der Waals surface area contributed by atoms with E-state index < -0.39 is 6.29 Å². The lowest BCUT2D eigenvalue weighted by molar-refractivity contribution is -0.0793. The maximum Gasteiger partial charge on any atom is 0.282 e. The van der Waals surface area contributed by atoms with Gasteiger partial charge in [-0.2, -0.15) is 4.73 Å². The van der Waals surface area contributed by atoms with Crippen molar-refractivity contribution in [3.63, 3.8) is 0 Å². The number of aliphatic hydroxyl groups excluding tert-OH is 1. The molecule has 5 nitrogen and oxygen atoms in total. The first-order chi connectivity index (χ1) is 9.74. The number of hydrogen-bond donors (Lipinski definition) is 1. The Morgan fingerprint density at radius 3 is 2.55 bits per heavy atom. The molecule has 1 N–H and O–H groups in total. The largest absolute Gasteiger partial charge is 0.411 e. The first-order valence-corrected chi connectivity index (χ1v) is 7.26. The average molecular weight is 283 g/mol. The van der Waals surface area contributed by atoms with Crippen LogP contribution in [0.3, 0.4) is 0 Å². The summed E-state index contributed by atoms with van der Waals surface area (Å²) in [5.41, 5.74) is -0.135. The Hall–Kier alpha value is -1.33. The highest BCUT2D eigenvalue weighted by atomic mass is 16.7. The maximum atomic E-state index is 11.3. The van der Waals surface area contributed by atoms with Crippen molar-refractivity contribution in [3.05, 3.63) is 34.7 Å². The molecular formula is C15H25NO4. The summed E-state index contributed by atoms with van der Waals surface area (Å²) in [5.74, 6) is 0. The zero-order valence-corrected chi connectivity index (χ0v) is 12.2. The minimum Gasteiger partial charge on any atom is -0.411 e. The molecule has 20 heavy (non-hydrogen) atoms. The molecule has 1 aromatic rings. The maximum absolute atomic E-state index is 11.3. The van der Waals surface area contributed by atoms with Gasteiger partial charge < -0.3 is 14.7 Å². The van der Waals surface area contributed by atoms with Gasteiger partial charge in [-0.25, -0.2) is 0 Å². The van der Waals surface area contributed by atoms with E-state index in [1.807, 2.05) is 0 Å². The fourth-order valence-corrected chi connectivity index (χ4v) is 1.93. The monoisotopic (exact) mass is 283 g/mol. The summed E-state index contributed by atoms with van der Waals surface area (Å²) in [7, 11) is 1.52. The number of aromatic nitrogens is 1. The van der Waals surface area contributed by atoms with Gasteiger partial charge in [-0.15, -0.1) is 0 Å². The van der Waals surface area contributed by atoms with E-state index in [2.05, 4.69) is 0 Å². The highest BCUT2D eigenvalue weighted by molar-refractivity contribution is 4.91. The van der Waals surface area contributed by atoms with Crippen LogP contribution in [-0.4, -0.2) is 29.8 Å². The Balaban J connectivity index is 1.93. The summed E-state index contributed by atoms with van der Waals surface area (Å²) >= 11 is 0. The minimum atomic E-state index is -0.618. The van der Waals surface area contributed by atoms with Crippen LogP contribution in [0.1, 0.15) is 44.9 Å². The number of rotatable bonds is 11. The number of aliphatic hydroxyl groups is 1. The molecule has 0 radical (unpaired) electrons. The normalized spacial score (nSPS) is 12.3. The van der Waals surface area contributed by atoms with Gasteiger partial charge in [0.15, 0.2) is 6.29 Å². The van der Waals surface area contributed by atoms with Gasteiger partial charge in [-0.3, -0.25) is 4.79 Å². The average Bonchev–Trinajstić information content (AvgIpc) is 2.47. The van der Waals surface area contributed by atoms with E-state index >= 15 is 0 Å². The molecule has 0 aliphatic carbocycles. The molecule has 1 atom stereocenters. The van der Waals surface area contributed by atoms with Crippen molar-refractivity contribution >= 4 is 0 Å². The lowest BCUT2D eigenvalue weighted by Gasteiger charge is -2.08. The predicted molar refractivity (Wildman–Crippen MR) is 77.5 cm³/mol. The fourth-order valence-electron chi connectivity index (χ4n) is 1.93. The van der Waals surface area contributed by atoms with E-state index in [0.29, 0.717) is 13.0 Å². The van der Waals surface area contributed by atoms with Crippen LogP contribution in [0.4, 0.5) is 0 Å². The van der Waals surface area contributed by atoms with E-state index in [-0.39, 0.29) is 5.56 Å². The van der Waals surface area contributed by atoms with Gasteiger partial charge in [0.2, 0.25) is 0 Å². The third-order valence-electron chi connectivity index (χ3n) is 3.14. The van der Waals surface area contributed by atoms with Crippen LogP contribution in [0.2, 0.25) is 0 Å². The van der Waals surface area contributed by atoms with Gasteiger partial charge in [-0.05, 0) is 31.7 Å². The first kappa shape index (κ1) is 16.7. The quantitative estimate of drug-likeness (QED) is 0.498. The van der Waals surface area contributed by atoms with Crippen molar-refractivity contribution in [2.24, 2.45) is 0 Å². The van der Waals surface area contributed by atoms with Crippen molar-refractivity contribution in [1.29, 1.82) is 0 Å². The molecule has 5 heteroatoms. The first-order valence-electron chi connectivity index (χ1n) is 7.26. The molecule has 114 valence electrons. The smallest absolute Gasteiger partial charge is 0.282 e. The Kier molecular flexibility index (Phi) is 8.74. The predicted octanol–water partition coefficient (Wildman–Crippen LogP) is 1.97.